The summed E-state index contributed by atoms with van der Waals surface area (Å²) in [6, 6.07) is 2.70. The molecule has 3 rings (SSSR count). The van der Waals surface area contributed by atoms with Crippen LogP contribution in [0, 0.1) is 0 Å². The van der Waals surface area contributed by atoms with Gasteiger partial charge in [0.1, 0.15) is 18.1 Å². The van der Waals surface area contributed by atoms with E-state index >= 15 is 0 Å². The van der Waals surface area contributed by atoms with E-state index in [0.717, 1.165) is 6.20 Å². The van der Waals surface area contributed by atoms with Crippen LogP contribution in [0.2, 0.25) is 0 Å². The summed E-state index contributed by atoms with van der Waals surface area (Å²) in [5.41, 5.74) is -0.330. The zero-order valence-electron chi connectivity index (χ0n) is 14.8. The van der Waals surface area contributed by atoms with Crippen molar-refractivity contribution in [3.63, 3.8) is 0 Å². The second-order valence-corrected chi connectivity index (χ2v) is 7.94. The molecule has 0 atom stereocenters. The summed E-state index contributed by atoms with van der Waals surface area (Å²) in [7, 11) is -2.61. The van der Waals surface area contributed by atoms with Gasteiger partial charge >= 0.3 is 11.9 Å². The monoisotopic (exact) mass is 398 g/mol. The number of ether oxygens (including phenoxy) is 4. The van der Waals surface area contributed by atoms with Crippen LogP contribution in [0.4, 0.5) is 5.69 Å². The zero-order chi connectivity index (χ0) is 19.8. The fourth-order valence-electron chi connectivity index (χ4n) is 2.44. The fraction of sp³-hybridized carbons (Fsp3) is 0.375. The number of nitrogens with one attached hydrogen (secondary N) is 2. The summed E-state index contributed by atoms with van der Waals surface area (Å²) in [5.74, 6) is -2.55. The summed E-state index contributed by atoms with van der Waals surface area (Å²) in [5, 5.41) is 2.64. The zero-order valence-corrected chi connectivity index (χ0v) is 15.6. The van der Waals surface area contributed by atoms with Crippen LogP contribution in [0.15, 0.2) is 28.8 Å². The third-order valence-corrected chi connectivity index (χ3v) is 5.15. The Morgan fingerprint density at radius 1 is 1.04 bits per heavy atom. The number of carbonyl (C=O) groups is 2. The summed E-state index contributed by atoms with van der Waals surface area (Å²) in [4.78, 5) is 23.9. The van der Waals surface area contributed by atoms with Crippen molar-refractivity contribution in [1.29, 1.82) is 0 Å². The molecule has 0 saturated carbocycles. The topological polar surface area (TPSA) is 129 Å². The van der Waals surface area contributed by atoms with Gasteiger partial charge in [-0.15, -0.1) is 0 Å². The minimum Gasteiger partial charge on any atom is -0.486 e. The number of esters is 2. The minimum atomic E-state index is -3.87. The van der Waals surface area contributed by atoms with Crippen LogP contribution in [0.5, 0.6) is 11.5 Å². The van der Waals surface area contributed by atoms with E-state index in [0.29, 0.717) is 12.4 Å². The average molecular weight is 398 g/mol. The second-order valence-electron chi connectivity index (χ2n) is 6.08. The van der Waals surface area contributed by atoms with Gasteiger partial charge in [-0.3, -0.25) is 0 Å². The lowest BCUT2D eigenvalue weighted by molar-refractivity contribution is -0.222. The van der Waals surface area contributed by atoms with Crippen LogP contribution < -0.4 is 19.5 Å². The second kappa shape index (κ2) is 6.74. The molecule has 0 spiro atoms. The highest BCUT2D eigenvalue weighted by molar-refractivity contribution is 7.89. The molecule has 11 heteroatoms. The van der Waals surface area contributed by atoms with E-state index in [-0.39, 0.29) is 22.9 Å². The van der Waals surface area contributed by atoms with Crippen LogP contribution in [-0.4, -0.2) is 46.4 Å². The van der Waals surface area contributed by atoms with Gasteiger partial charge in [-0.2, -0.15) is 0 Å². The quantitative estimate of drug-likeness (QED) is 0.423. The van der Waals surface area contributed by atoms with Gasteiger partial charge in [0, 0.05) is 32.2 Å². The van der Waals surface area contributed by atoms with Gasteiger partial charge < -0.3 is 24.3 Å². The molecule has 10 nitrogen and oxygen atoms in total. The molecule has 0 aliphatic carbocycles. The first-order valence-corrected chi connectivity index (χ1v) is 9.42. The summed E-state index contributed by atoms with van der Waals surface area (Å²) < 4.78 is 47.7. The van der Waals surface area contributed by atoms with Gasteiger partial charge in [0.2, 0.25) is 10.0 Å². The van der Waals surface area contributed by atoms with Gasteiger partial charge in [-0.05, 0) is 7.05 Å². The number of hydrogen-bond donors (Lipinski definition) is 2. The Hall–Kier alpha value is -2.79. The van der Waals surface area contributed by atoms with E-state index in [1.807, 2.05) is 0 Å². The molecule has 1 aromatic carbocycles. The van der Waals surface area contributed by atoms with Crippen molar-refractivity contribution in [3.05, 3.63) is 23.9 Å². The third-order valence-electron chi connectivity index (χ3n) is 3.69. The summed E-state index contributed by atoms with van der Waals surface area (Å²) >= 11 is 0. The van der Waals surface area contributed by atoms with Gasteiger partial charge in [-0.25, -0.2) is 22.7 Å². The Bertz CT molecular complexity index is 914. The van der Waals surface area contributed by atoms with E-state index < -0.39 is 33.3 Å². The number of carbonyl (C=O) groups excluding carboxylic acids is 2. The van der Waals surface area contributed by atoms with Gasteiger partial charge in [-0.1, -0.05) is 0 Å². The molecule has 146 valence electrons. The first-order chi connectivity index (χ1) is 12.6. The highest BCUT2D eigenvalue weighted by Gasteiger charge is 2.39. The van der Waals surface area contributed by atoms with Crippen molar-refractivity contribution in [3.8, 4) is 11.5 Å². The molecular weight excluding hydrogens is 380 g/mol. The molecule has 2 aliphatic heterocycles. The molecule has 0 bridgehead atoms. The first kappa shape index (κ1) is 19.0. The smallest absolute Gasteiger partial charge is 0.350 e. The third kappa shape index (κ3) is 3.83. The molecule has 0 aromatic heterocycles. The highest BCUT2D eigenvalue weighted by atomic mass is 32.2. The van der Waals surface area contributed by atoms with Gasteiger partial charge in [0.25, 0.3) is 5.79 Å². The maximum Gasteiger partial charge on any atom is 0.350 e. The lowest BCUT2D eigenvalue weighted by atomic mass is 10.2. The van der Waals surface area contributed by atoms with Gasteiger partial charge in [0.05, 0.1) is 5.69 Å². The van der Waals surface area contributed by atoms with Crippen molar-refractivity contribution < 1.29 is 37.0 Å². The predicted octanol–water partition coefficient (Wildman–Crippen LogP) is 0.498. The molecule has 2 N–H and O–H groups in total. The molecule has 2 aliphatic rings. The number of rotatable bonds is 4. The number of anilines is 1. The van der Waals surface area contributed by atoms with E-state index in [9.17, 15) is 18.0 Å². The van der Waals surface area contributed by atoms with Crippen LogP contribution in [0.3, 0.4) is 0 Å². The maximum absolute atomic E-state index is 12.3. The van der Waals surface area contributed by atoms with Crippen LogP contribution in [-0.2, 0) is 29.1 Å². The molecule has 1 saturated heterocycles. The molecule has 0 amide bonds. The molecule has 2 heterocycles. The van der Waals surface area contributed by atoms with E-state index in [1.54, 1.807) is 0 Å². The Morgan fingerprint density at radius 3 is 2.15 bits per heavy atom. The lowest BCUT2D eigenvalue weighted by Crippen LogP contribution is -2.42. The van der Waals surface area contributed by atoms with Crippen LogP contribution in [0.25, 0.3) is 0 Å². The van der Waals surface area contributed by atoms with Crippen molar-refractivity contribution in [2.24, 2.45) is 0 Å². The Kier molecular flexibility index (Phi) is 4.74. The minimum absolute atomic E-state index is 0.0755. The molecular formula is C16H18N2O8S. The molecule has 0 unspecified atom stereocenters. The van der Waals surface area contributed by atoms with Gasteiger partial charge in [0.15, 0.2) is 17.1 Å². The van der Waals surface area contributed by atoms with Crippen molar-refractivity contribution in [2.75, 3.05) is 25.6 Å². The fourth-order valence-corrected chi connectivity index (χ4v) is 3.33. The number of benzene rings is 1. The van der Waals surface area contributed by atoms with E-state index in [4.69, 9.17) is 18.9 Å². The largest absolute Gasteiger partial charge is 0.486 e. The Labute approximate surface area is 155 Å². The molecule has 1 fully saturated rings. The maximum atomic E-state index is 12.3. The molecule has 1 aromatic rings. The number of cyclic esters (lactones) is 2. The Balaban J connectivity index is 1.99. The van der Waals surface area contributed by atoms with Crippen molar-refractivity contribution in [2.45, 2.75) is 24.5 Å². The molecule has 0 radical (unpaired) electrons. The number of fused-ring (bicyclic) bond motifs is 1. The van der Waals surface area contributed by atoms with E-state index in [2.05, 4.69) is 10.0 Å². The first-order valence-electron chi connectivity index (χ1n) is 7.93. The van der Waals surface area contributed by atoms with Crippen LogP contribution in [0.1, 0.15) is 13.8 Å². The Morgan fingerprint density at radius 2 is 1.59 bits per heavy atom. The molecule has 27 heavy (non-hydrogen) atoms. The summed E-state index contributed by atoms with van der Waals surface area (Å²) in [6.07, 6.45) is 1.03. The number of hydrogen-bond acceptors (Lipinski definition) is 9. The number of sulfonamides is 1. The van der Waals surface area contributed by atoms with Crippen LogP contribution >= 0.6 is 0 Å². The summed E-state index contributed by atoms with van der Waals surface area (Å²) in [6.45, 7) is 3.44. The lowest BCUT2D eigenvalue weighted by Gasteiger charge is -2.29. The SMILES string of the molecule is CNS(=O)(=O)c1cc2c(cc1NC=C1C(=O)OC(C)(C)OC1=O)OCCO2. The average Bonchev–Trinajstić information content (AvgIpc) is 2.59. The standard InChI is InChI=1S/C16H18N2O8S/c1-16(2)25-14(19)9(15(20)26-16)8-18-10-6-11-12(24-5-4-23-11)7-13(10)27(21,22)17-3/h6-8,17-18H,4-5H2,1-3H3. The van der Waals surface area contributed by atoms with Crippen molar-refractivity contribution >= 4 is 27.6 Å². The predicted molar refractivity (Wildman–Crippen MR) is 91.6 cm³/mol. The van der Waals surface area contributed by atoms with Crippen molar-refractivity contribution in [1.82, 2.24) is 4.72 Å². The normalized spacial score (nSPS) is 18.4. The van der Waals surface area contributed by atoms with E-state index in [1.165, 1.54) is 33.0 Å². The highest BCUT2D eigenvalue weighted by Crippen LogP contribution is 2.37.